The number of halogens is 2. The molecule has 0 unspecified atom stereocenters. The van der Waals surface area contributed by atoms with Crippen molar-refractivity contribution in [1.29, 1.82) is 0 Å². The number of nitrogens with two attached hydrogens (primary N) is 1. The van der Waals surface area contributed by atoms with Gasteiger partial charge in [-0.25, -0.2) is 8.78 Å². The Kier molecular flexibility index (Phi) is 11.2. The van der Waals surface area contributed by atoms with Gasteiger partial charge < -0.3 is 30.4 Å². The summed E-state index contributed by atoms with van der Waals surface area (Å²) in [4.78, 5) is 26.4. The van der Waals surface area contributed by atoms with Gasteiger partial charge in [0.05, 0.1) is 12.1 Å². The lowest BCUT2D eigenvalue weighted by Crippen LogP contribution is -2.51. The maximum Gasteiger partial charge on any atom is 0.248 e. The molecule has 0 spiro atoms. The first-order valence-electron chi connectivity index (χ1n) is 14.1. The van der Waals surface area contributed by atoms with Gasteiger partial charge in [-0.15, -0.1) is 0 Å². The Morgan fingerprint density at radius 2 is 1.79 bits per heavy atom. The molecule has 42 heavy (non-hydrogen) atoms. The molecule has 0 saturated heterocycles. The van der Waals surface area contributed by atoms with Crippen LogP contribution in [0.5, 0.6) is 0 Å². The second kappa shape index (κ2) is 14.4. The van der Waals surface area contributed by atoms with Gasteiger partial charge in [-0.2, -0.15) is 0 Å². The number of nitrogens with one attached hydrogen (secondary N) is 1. The molecule has 0 fully saturated rings. The maximum absolute atomic E-state index is 14.9. The van der Waals surface area contributed by atoms with E-state index in [1.807, 2.05) is 55.7 Å². The van der Waals surface area contributed by atoms with Crippen LogP contribution in [0.4, 0.5) is 8.78 Å². The topological polar surface area (TPSA) is 101 Å². The average molecular weight is 581 g/mol. The number of amides is 1. The highest BCUT2D eigenvalue weighted by Crippen LogP contribution is 2.41. The van der Waals surface area contributed by atoms with E-state index in [-0.39, 0.29) is 24.4 Å². The number of aromatic nitrogens is 1. The predicted molar refractivity (Wildman–Crippen MR) is 161 cm³/mol. The number of ketones is 1. The number of hydrogen-bond acceptors (Lipinski definition) is 5. The van der Waals surface area contributed by atoms with Crippen LogP contribution in [0.15, 0.2) is 73.1 Å². The van der Waals surface area contributed by atoms with E-state index in [1.165, 1.54) is 6.92 Å². The second-order valence-electron chi connectivity index (χ2n) is 11.7. The van der Waals surface area contributed by atoms with Gasteiger partial charge in [0.1, 0.15) is 24.0 Å². The first-order valence-corrected chi connectivity index (χ1v) is 14.1. The van der Waals surface area contributed by atoms with Crippen molar-refractivity contribution in [3.05, 3.63) is 96.0 Å². The fraction of sp³-hybridized carbons (Fsp3) is 0.394. The van der Waals surface area contributed by atoms with Gasteiger partial charge in [-0.1, -0.05) is 57.7 Å². The standard InChI is InChI=1S/C33H42F2N4O3/c1-22(11-12-23(2)41)37-27(17-36)20-39(31(42)21-40)32(33(3,4)5)30-15-25(28-16-26(34)13-14-29(28)35)19-38(30)18-24-9-7-6-8-10-24/h6-10,13-16,19,27,32,37,40H,1,11-12,17-18,20-21,36H2,2-5H3/t27-,32-/m0/s1. The zero-order valence-electron chi connectivity index (χ0n) is 24.9. The highest BCUT2D eigenvalue weighted by atomic mass is 19.1. The minimum Gasteiger partial charge on any atom is -0.387 e. The fourth-order valence-electron chi connectivity index (χ4n) is 5.16. The van der Waals surface area contributed by atoms with Gasteiger partial charge in [-0.05, 0) is 48.6 Å². The number of rotatable bonds is 14. The molecule has 9 heteroatoms. The molecule has 0 bridgehead atoms. The molecule has 4 N–H and O–H groups in total. The molecule has 1 amide bonds. The van der Waals surface area contributed by atoms with Gasteiger partial charge in [-0.3, -0.25) is 4.79 Å². The van der Waals surface area contributed by atoms with E-state index in [4.69, 9.17) is 5.73 Å². The molecule has 0 aliphatic heterocycles. The molecular weight excluding hydrogens is 538 g/mol. The fourth-order valence-corrected chi connectivity index (χ4v) is 5.16. The third-order valence-corrected chi connectivity index (χ3v) is 7.12. The summed E-state index contributed by atoms with van der Waals surface area (Å²) < 4.78 is 31.1. The van der Waals surface area contributed by atoms with Crippen LogP contribution < -0.4 is 11.1 Å². The molecule has 226 valence electrons. The van der Waals surface area contributed by atoms with Crippen LogP contribution in [0.1, 0.15) is 57.8 Å². The number of benzene rings is 2. The van der Waals surface area contributed by atoms with Crippen molar-refractivity contribution in [2.45, 2.75) is 59.2 Å². The summed E-state index contributed by atoms with van der Waals surface area (Å²) in [5.74, 6) is -1.59. The first kappa shape index (κ1) is 32.7. The van der Waals surface area contributed by atoms with Crippen molar-refractivity contribution < 1.29 is 23.5 Å². The third kappa shape index (κ3) is 8.59. The SMILES string of the molecule is C=C(CCC(C)=O)N[C@@H](CN)CN(C(=O)CO)[C@@H](c1cc(-c2cc(F)ccc2F)cn1Cc1ccccc1)C(C)(C)C. The van der Waals surface area contributed by atoms with Gasteiger partial charge in [0, 0.05) is 54.8 Å². The largest absolute Gasteiger partial charge is 0.387 e. The monoisotopic (exact) mass is 580 g/mol. The Hall–Kier alpha value is -3.82. The molecule has 7 nitrogen and oxygen atoms in total. The average Bonchev–Trinajstić information content (AvgIpc) is 3.34. The lowest BCUT2D eigenvalue weighted by Gasteiger charge is -2.42. The van der Waals surface area contributed by atoms with E-state index in [0.29, 0.717) is 36.3 Å². The molecule has 3 rings (SSSR count). The van der Waals surface area contributed by atoms with E-state index in [9.17, 15) is 23.5 Å². The van der Waals surface area contributed by atoms with Crippen molar-refractivity contribution in [2.75, 3.05) is 19.7 Å². The van der Waals surface area contributed by atoms with Gasteiger partial charge in [0.25, 0.3) is 0 Å². The van der Waals surface area contributed by atoms with Gasteiger partial charge in [0.2, 0.25) is 5.91 Å². The van der Waals surface area contributed by atoms with Crippen molar-refractivity contribution in [3.63, 3.8) is 0 Å². The number of hydrogen-bond donors (Lipinski definition) is 3. The molecule has 1 heterocycles. The van der Waals surface area contributed by atoms with Gasteiger partial charge in [0.15, 0.2) is 0 Å². The number of carbonyl (C=O) groups is 2. The molecule has 0 saturated carbocycles. The van der Waals surface area contributed by atoms with Crippen LogP contribution in [-0.4, -0.2) is 52.0 Å². The highest BCUT2D eigenvalue weighted by Gasteiger charge is 2.38. The quantitative estimate of drug-likeness (QED) is 0.244. The second-order valence-corrected chi connectivity index (χ2v) is 11.7. The lowest BCUT2D eigenvalue weighted by atomic mass is 9.82. The Labute approximate surface area is 247 Å². The molecule has 3 aromatic rings. The molecule has 0 aliphatic carbocycles. The van der Waals surface area contributed by atoms with E-state index in [0.717, 1.165) is 23.8 Å². The third-order valence-electron chi connectivity index (χ3n) is 7.12. The van der Waals surface area contributed by atoms with E-state index in [1.54, 1.807) is 17.2 Å². The Morgan fingerprint density at radius 1 is 1.10 bits per heavy atom. The Morgan fingerprint density at radius 3 is 2.38 bits per heavy atom. The minimum absolute atomic E-state index is 0.0387. The Balaban J connectivity index is 2.12. The Bertz CT molecular complexity index is 1380. The van der Waals surface area contributed by atoms with Crippen molar-refractivity contribution in [3.8, 4) is 11.1 Å². The van der Waals surface area contributed by atoms with Crippen LogP contribution in [0.3, 0.4) is 0 Å². The van der Waals surface area contributed by atoms with Crippen molar-refractivity contribution in [1.82, 2.24) is 14.8 Å². The zero-order chi connectivity index (χ0) is 31.0. The normalized spacial score (nSPS) is 13.0. The summed E-state index contributed by atoms with van der Waals surface area (Å²) >= 11 is 0. The summed E-state index contributed by atoms with van der Waals surface area (Å²) in [6.45, 7) is 11.5. The molecule has 0 aliphatic rings. The maximum atomic E-state index is 14.9. The van der Waals surface area contributed by atoms with E-state index < -0.39 is 41.6 Å². The molecule has 2 atom stereocenters. The van der Waals surface area contributed by atoms with Crippen LogP contribution >= 0.6 is 0 Å². The smallest absolute Gasteiger partial charge is 0.248 e. The lowest BCUT2D eigenvalue weighted by molar-refractivity contribution is -0.140. The number of carbonyl (C=O) groups excluding carboxylic acids is 2. The first-order chi connectivity index (χ1) is 19.8. The van der Waals surface area contributed by atoms with Crippen LogP contribution in [0.2, 0.25) is 0 Å². The van der Waals surface area contributed by atoms with Crippen LogP contribution in [0.25, 0.3) is 11.1 Å². The molecule has 0 radical (unpaired) electrons. The van der Waals surface area contributed by atoms with Crippen molar-refractivity contribution >= 4 is 11.7 Å². The number of aliphatic hydroxyl groups excluding tert-OH is 1. The van der Waals surface area contributed by atoms with Crippen molar-refractivity contribution in [2.24, 2.45) is 11.1 Å². The predicted octanol–water partition coefficient (Wildman–Crippen LogP) is 5.19. The summed E-state index contributed by atoms with van der Waals surface area (Å²) in [5, 5.41) is 13.3. The number of aliphatic hydroxyl groups is 1. The summed E-state index contributed by atoms with van der Waals surface area (Å²) in [5.41, 5.74) is 8.43. The summed E-state index contributed by atoms with van der Waals surface area (Å²) in [6, 6.07) is 13.8. The highest BCUT2D eigenvalue weighted by molar-refractivity contribution is 5.78. The molecular formula is C33H42F2N4O3. The minimum atomic E-state index is -0.722. The van der Waals surface area contributed by atoms with E-state index >= 15 is 0 Å². The van der Waals surface area contributed by atoms with Crippen LogP contribution in [-0.2, 0) is 16.1 Å². The summed E-state index contributed by atoms with van der Waals surface area (Å²) in [7, 11) is 0. The number of allylic oxidation sites excluding steroid dienone is 1. The van der Waals surface area contributed by atoms with E-state index in [2.05, 4.69) is 11.9 Å². The number of Topliss-reactive ketones (excluding diaryl/α,β-unsaturated/α-hetero) is 1. The zero-order valence-corrected chi connectivity index (χ0v) is 24.9. The van der Waals surface area contributed by atoms with Gasteiger partial charge >= 0.3 is 0 Å². The number of nitrogens with zero attached hydrogens (tertiary/aromatic N) is 2. The molecule has 2 aromatic carbocycles. The van der Waals surface area contributed by atoms with Crippen LogP contribution in [0, 0.1) is 17.0 Å². The summed E-state index contributed by atoms with van der Waals surface area (Å²) in [6.07, 6.45) is 2.53. The molecule has 1 aromatic heterocycles.